The van der Waals surface area contributed by atoms with Crippen molar-refractivity contribution in [3.05, 3.63) is 35.6 Å². The lowest BCUT2D eigenvalue weighted by atomic mass is 10.2. The Hall–Kier alpha value is -1.11. The van der Waals surface area contributed by atoms with Crippen molar-refractivity contribution in [1.29, 1.82) is 0 Å². The maximum absolute atomic E-state index is 13.2. The average molecular weight is 323 g/mol. The minimum Gasteiger partial charge on any atom is -0.339 e. The summed E-state index contributed by atoms with van der Waals surface area (Å²) in [5.41, 5.74) is 0.992. The van der Waals surface area contributed by atoms with E-state index in [1.807, 2.05) is 29.8 Å². The van der Waals surface area contributed by atoms with E-state index in [4.69, 9.17) is 0 Å². The summed E-state index contributed by atoms with van der Waals surface area (Å²) in [5.74, 6) is 1.92. The van der Waals surface area contributed by atoms with Crippen LogP contribution in [0.3, 0.4) is 0 Å². The van der Waals surface area contributed by atoms with Crippen molar-refractivity contribution in [3.63, 3.8) is 0 Å². The van der Waals surface area contributed by atoms with Crippen molar-refractivity contribution < 1.29 is 9.18 Å². The molecule has 0 bridgehead atoms. The molecule has 2 aliphatic heterocycles. The molecule has 22 heavy (non-hydrogen) atoms. The first-order valence-corrected chi connectivity index (χ1v) is 8.82. The van der Waals surface area contributed by atoms with Crippen molar-refractivity contribution in [2.24, 2.45) is 0 Å². The third kappa shape index (κ3) is 3.62. The van der Waals surface area contributed by atoms with Crippen molar-refractivity contribution in [3.8, 4) is 0 Å². The van der Waals surface area contributed by atoms with Gasteiger partial charge >= 0.3 is 0 Å². The summed E-state index contributed by atoms with van der Waals surface area (Å²) < 4.78 is 13.2. The highest BCUT2D eigenvalue weighted by molar-refractivity contribution is 7.99. The third-order valence-corrected chi connectivity index (χ3v) is 5.51. The van der Waals surface area contributed by atoms with Gasteiger partial charge in [0, 0.05) is 44.4 Å². The number of rotatable bonds is 3. The predicted molar refractivity (Wildman–Crippen MR) is 87.1 cm³/mol. The molecule has 2 fully saturated rings. The molecule has 120 valence electrons. The molecule has 6 heteroatoms. The average Bonchev–Trinajstić information content (AvgIpc) is 2.93. The lowest BCUT2D eigenvalue weighted by Crippen LogP contribution is -2.53. The largest absolute Gasteiger partial charge is 0.339 e. The molecule has 0 unspecified atom stereocenters. The fourth-order valence-corrected chi connectivity index (χ4v) is 4.21. The van der Waals surface area contributed by atoms with Crippen molar-refractivity contribution in [1.82, 2.24) is 14.7 Å². The van der Waals surface area contributed by atoms with E-state index in [0.29, 0.717) is 0 Å². The van der Waals surface area contributed by atoms with Gasteiger partial charge in [0.2, 0.25) is 5.91 Å². The molecule has 2 saturated heterocycles. The van der Waals surface area contributed by atoms with Gasteiger partial charge in [-0.05, 0) is 24.7 Å². The van der Waals surface area contributed by atoms with Crippen LogP contribution in [0.15, 0.2) is 24.3 Å². The van der Waals surface area contributed by atoms with Gasteiger partial charge < -0.3 is 4.90 Å². The van der Waals surface area contributed by atoms with Gasteiger partial charge in [-0.2, -0.15) is 0 Å². The van der Waals surface area contributed by atoms with E-state index in [-0.39, 0.29) is 17.8 Å². The van der Waals surface area contributed by atoms with Gasteiger partial charge in [0.05, 0.1) is 6.04 Å². The van der Waals surface area contributed by atoms with Crippen molar-refractivity contribution in [2.75, 3.05) is 44.9 Å². The molecule has 2 heterocycles. The molecule has 0 saturated carbocycles. The highest BCUT2D eigenvalue weighted by Crippen LogP contribution is 2.21. The van der Waals surface area contributed by atoms with Crippen LogP contribution < -0.4 is 0 Å². The molecule has 0 radical (unpaired) electrons. The summed E-state index contributed by atoms with van der Waals surface area (Å²) in [6.45, 7) is 3.99. The zero-order chi connectivity index (χ0) is 15.5. The number of piperazine rings is 1. The second kappa shape index (κ2) is 6.98. The number of carbonyl (C=O) groups excluding carboxylic acids is 1. The van der Waals surface area contributed by atoms with E-state index in [2.05, 4.69) is 9.80 Å². The van der Waals surface area contributed by atoms with Crippen LogP contribution in [0, 0.1) is 5.82 Å². The molecule has 1 aromatic carbocycles. The van der Waals surface area contributed by atoms with Gasteiger partial charge in [0.15, 0.2) is 0 Å². The molecule has 1 amide bonds. The van der Waals surface area contributed by atoms with Crippen LogP contribution in [0.5, 0.6) is 0 Å². The molecule has 0 spiro atoms. The van der Waals surface area contributed by atoms with Crippen LogP contribution in [0.2, 0.25) is 0 Å². The van der Waals surface area contributed by atoms with Gasteiger partial charge in [-0.3, -0.25) is 14.6 Å². The molecular weight excluding hydrogens is 301 g/mol. The lowest BCUT2D eigenvalue weighted by molar-refractivity contribution is -0.137. The van der Waals surface area contributed by atoms with Crippen LogP contribution in [-0.4, -0.2) is 71.5 Å². The fraction of sp³-hybridized carbons (Fsp3) is 0.562. The van der Waals surface area contributed by atoms with Crippen LogP contribution in [0.25, 0.3) is 0 Å². The SMILES string of the molecule is CN1CSC[C@H]1C(=O)N1CCN(Cc2cccc(F)c2)CC1. The third-order valence-electron chi connectivity index (χ3n) is 4.37. The van der Waals surface area contributed by atoms with Gasteiger partial charge in [-0.15, -0.1) is 11.8 Å². The number of thioether (sulfide) groups is 1. The summed E-state index contributed by atoms with van der Waals surface area (Å²) in [6.07, 6.45) is 0. The van der Waals surface area contributed by atoms with E-state index in [1.54, 1.807) is 12.1 Å². The molecule has 1 aromatic rings. The van der Waals surface area contributed by atoms with Crippen LogP contribution in [0.4, 0.5) is 4.39 Å². The Morgan fingerprint density at radius 3 is 2.73 bits per heavy atom. The second-order valence-electron chi connectivity index (χ2n) is 6.00. The molecule has 4 nitrogen and oxygen atoms in total. The number of hydrogen-bond acceptors (Lipinski definition) is 4. The van der Waals surface area contributed by atoms with E-state index in [9.17, 15) is 9.18 Å². The molecule has 1 atom stereocenters. The number of benzene rings is 1. The molecule has 3 rings (SSSR count). The van der Waals surface area contributed by atoms with Gasteiger partial charge in [-0.1, -0.05) is 12.1 Å². The zero-order valence-electron chi connectivity index (χ0n) is 12.9. The highest BCUT2D eigenvalue weighted by atomic mass is 32.2. The normalized spacial score (nSPS) is 23.9. The lowest BCUT2D eigenvalue weighted by Gasteiger charge is -2.36. The topological polar surface area (TPSA) is 26.8 Å². The van der Waals surface area contributed by atoms with E-state index < -0.39 is 0 Å². The van der Waals surface area contributed by atoms with Gasteiger partial charge in [-0.25, -0.2) is 4.39 Å². The second-order valence-corrected chi connectivity index (χ2v) is 7.00. The first-order valence-electron chi connectivity index (χ1n) is 7.67. The van der Waals surface area contributed by atoms with Gasteiger partial charge in [0.1, 0.15) is 5.82 Å². The first-order chi connectivity index (χ1) is 10.6. The Labute approximate surface area is 135 Å². The Morgan fingerprint density at radius 1 is 1.32 bits per heavy atom. The minimum absolute atomic E-state index is 0.0415. The minimum atomic E-state index is -0.187. The Morgan fingerprint density at radius 2 is 2.09 bits per heavy atom. The van der Waals surface area contributed by atoms with Crippen molar-refractivity contribution in [2.45, 2.75) is 12.6 Å². The van der Waals surface area contributed by atoms with E-state index in [0.717, 1.165) is 49.9 Å². The first kappa shape index (κ1) is 15.8. The smallest absolute Gasteiger partial charge is 0.240 e. The fourth-order valence-electron chi connectivity index (χ4n) is 3.02. The summed E-state index contributed by atoms with van der Waals surface area (Å²) in [7, 11) is 2.02. The number of halogens is 1. The maximum atomic E-state index is 13.2. The molecular formula is C16H22FN3OS. The quantitative estimate of drug-likeness (QED) is 0.842. The van der Waals surface area contributed by atoms with E-state index in [1.165, 1.54) is 6.07 Å². The summed E-state index contributed by atoms with van der Waals surface area (Å²) in [4.78, 5) is 18.9. The zero-order valence-corrected chi connectivity index (χ0v) is 13.7. The van der Waals surface area contributed by atoms with Crippen LogP contribution in [-0.2, 0) is 11.3 Å². The standard InChI is InChI=1S/C16H22FN3OS/c1-18-12-22-11-15(18)16(21)20-7-5-19(6-8-20)10-13-3-2-4-14(17)9-13/h2-4,9,15H,5-8,10-12H2,1H3/t15-/m0/s1. The monoisotopic (exact) mass is 323 g/mol. The number of hydrogen-bond donors (Lipinski definition) is 0. The Bertz CT molecular complexity index is 534. The Balaban J connectivity index is 1.51. The summed E-state index contributed by atoms with van der Waals surface area (Å²) in [6, 6.07) is 6.79. The predicted octanol–water partition coefficient (Wildman–Crippen LogP) is 1.47. The summed E-state index contributed by atoms with van der Waals surface area (Å²) >= 11 is 1.82. The van der Waals surface area contributed by atoms with Crippen LogP contribution in [0.1, 0.15) is 5.56 Å². The van der Waals surface area contributed by atoms with Gasteiger partial charge in [0.25, 0.3) is 0 Å². The van der Waals surface area contributed by atoms with Crippen molar-refractivity contribution >= 4 is 17.7 Å². The Kier molecular flexibility index (Phi) is 5.00. The van der Waals surface area contributed by atoms with Crippen LogP contribution >= 0.6 is 11.8 Å². The molecule has 0 aromatic heterocycles. The highest BCUT2D eigenvalue weighted by Gasteiger charge is 2.33. The number of nitrogens with zero attached hydrogens (tertiary/aromatic N) is 3. The maximum Gasteiger partial charge on any atom is 0.240 e. The van der Waals surface area contributed by atoms with E-state index >= 15 is 0 Å². The number of likely N-dealkylation sites (N-methyl/N-ethyl adjacent to an activating group) is 1. The molecule has 2 aliphatic rings. The molecule has 0 aliphatic carbocycles. The number of carbonyl (C=O) groups is 1. The molecule has 0 N–H and O–H groups in total. The number of amides is 1. The summed E-state index contributed by atoms with van der Waals surface area (Å²) in [5, 5.41) is 0.